The van der Waals surface area contributed by atoms with E-state index in [1.165, 1.54) is 6.07 Å². The number of nitrogens with two attached hydrogens (primary N) is 1. The lowest BCUT2D eigenvalue weighted by atomic mass is 10.2. The second kappa shape index (κ2) is 7.02. The zero-order chi connectivity index (χ0) is 21.6. The van der Waals surface area contributed by atoms with Crippen molar-refractivity contribution in [3.63, 3.8) is 0 Å². The number of nitrogens with one attached hydrogen (secondary N) is 1. The fourth-order valence-electron chi connectivity index (χ4n) is 2.36. The van der Waals surface area contributed by atoms with E-state index in [0.29, 0.717) is 5.69 Å². The molecule has 2 heterocycles. The van der Waals surface area contributed by atoms with Gasteiger partial charge in [-0.2, -0.15) is 31.4 Å². The molecule has 0 aliphatic heterocycles. The van der Waals surface area contributed by atoms with Gasteiger partial charge in [-0.05, 0) is 36.7 Å². The van der Waals surface area contributed by atoms with Gasteiger partial charge in [0, 0.05) is 11.8 Å². The van der Waals surface area contributed by atoms with Crippen molar-refractivity contribution in [3.8, 4) is 5.69 Å². The molecule has 3 aromatic rings. The predicted octanol–water partition coefficient (Wildman–Crippen LogP) is 3.90. The molecule has 0 radical (unpaired) electrons. The number of carbonyl (C=O) groups excluding carboxylic acids is 1. The van der Waals surface area contributed by atoms with Gasteiger partial charge < -0.3 is 11.1 Å². The topological polar surface area (TPSA) is 98.7 Å². The maximum absolute atomic E-state index is 13.2. The predicted molar refractivity (Wildman–Crippen MR) is 90.6 cm³/mol. The van der Waals surface area contributed by atoms with E-state index < -0.39 is 35.3 Å². The maximum atomic E-state index is 13.2. The van der Waals surface area contributed by atoms with Crippen LogP contribution in [0.1, 0.15) is 26.8 Å². The van der Waals surface area contributed by atoms with E-state index in [1.54, 1.807) is 6.92 Å². The van der Waals surface area contributed by atoms with Gasteiger partial charge >= 0.3 is 12.4 Å². The number of amides is 1. The number of aromatic nitrogens is 4. The van der Waals surface area contributed by atoms with Gasteiger partial charge in [-0.25, -0.2) is 4.68 Å². The van der Waals surface area contributed by atoms with Gasteiger partial charge in [0.05, 0.1) is 17.1 Å². The summed E-state index contributed by atoms with van der Waals surface area (Å²) in [5.74, 6) is -0.570. The lowest BCUT2D eigenvalue weighted by Gasteiger charge is -2.13. The Balaban J connectivity index is 1.98. The summed E-state index contributed by atoms with van der Waals surface area (Å²) in [4.78, 5) is 12.4. The van der Waals surface area contributed by atoms with Crippen LogP contribution < -0.4 is 11.1 Å². The Morgan fingerprint density at radius 2 is 1.83 bits per heavy atom. The zero-order valence-electron chi connectivity index (χ0n) is 14.3. The lowest BCUT2D eigenvalue weighted by molar-refractivity contribution is -0.143. The number of hydrogen-bond donors (Lipinski definition) is 2. The monoisotopic (exact) mass is 436 g/mol. The van der Waals surface area contributed by atoms with Crippen molar-refractivity contribution >= 4 is 28.8 Å². The Morgan fingerprint density at radius 1 is 1.14 bits per heavy atom. The molecular weight excluding hydrogens is 426 g/mol. The maximum Gasteiger partial charge on any atom is 0.435 e. The number of carbonyl (C=O) groups is 1. The molecule has 14 heteroatoms. The summed E-state index contributed by atoms with van der Waals surface area (Å²) in [5, 5.41) is 9.15. The highest BCUT2D eigenvalue weighted by Crippen LogP contribution is 2.37. The number of alkyl halides is 6. The van der Waals surface area contributed by atoms with Crippen molar-refractivity contribution in [1.82, 2.24) is 19.4 Å². The Morgan fingerprint density at radius 3 is 2.34 bits per heavy atom. The van der Waals surface area contributed by atoms with Crippen LogP contribution in [0.5, 0.6) is 0 Å². The SMILES string of the molecule is Cc1nnsc1C(=O)Nc1ccc(-n2nc(C(F)(F)F)cc2C(F)(F)F)c(N)c1. The van der Waals surface area contributed by atoms with Gasteiger partial charge in [-0.15, -0.1) is 5.10 Å². The molecule has 0 aliphatic rings. The first-order valence-electron chi connectivity index (χ1n) is 7.62. The molecule has 0 unspecified atom stereocenters. The third-order valence-electron chi connectivity index (χ3n) is 3.66. The fourth-order valence-corrected chi connectivity index (χ4v) is 2.91. The summed E-state index contributed by atoms with van der Waals surface area (Å²) in [6, 6.07) is 3.20. The molecule has 3 N–H and O–H groups in total. The van der Waals surface area contributed by atoms with Crippen molar-refractivity contribution in [2.24, 2.45) is 0 Å². The van der Waals surface area contributed by atoms with Crippen LogP contribution in [-0.2, 0) is 12.4 Å². The minimum atomic E-state index is -5.10. The molecule has 0 fully saturated rings. The summed E-state index contributed by atoms with van der Waals surface area (Å²) in [7, 11) is 0. The number of anilines is 2. The second-order valence-corrected chi connectivity index (χ2v) is 6.49. The van der Waals surface area contributed by atoms with Crippen molar-refractivity contribution in [3.05, 3.63) is 46.2 Å². The average Bonchev–Trinajstić information content (AvgIpc) is 3.20. The molecule has 0 saturated carbocycles. The van der Waals surface area contributed by atoms with E-state index in [4.69, 9.17) is 5.73 Å². The van der Waals surface area contributed by atoms with Crippen LogP contribution in [0, 0.1) is 6.92 Å². The van der Waals surface area contributed by atoms with Crippen molar-refractivity contribution < 1.29 is 31.1 Å². The minimum absolute atomic E-state index is 0.0705. The molecule has 154 valence electrons. The molecule has 1 aromatic carbocycles. The number of halogens is 6. The number of benzene rings is 1. The van der Waals surface area contributed by atoms with Crippen LogP contribution in [0.4, 0.5) is 37.7 Å². The molecule has 0 atom stereocenters. The highest BCUT2D eigenvalue weighted by Gasteiger charge is 2.42. The lowest BCUT2D eigenvalue weighted by Crippen LogP contribution is -2.15. The van der Waals surface area contributed by atoms with Gasteiger partial charge in [0.1, 0.15) is 10.6 Å². The Bertz CT molecular complexity index is 1070. The summed E-state index contributed by atoms with van der Waals surface area (Å²) in [5.41, 5.74) is 2.10. The average molecular weight is 436 g/mol. The van der Waals surface area contributed by atoms with Crippen LogP contribution in [0.2, 0.25) is 0 Å². The standard InChI is InChI=1S/C15H10F6N6OS/c1-6-12(29-26-24-6)13(28)23-7-2-3-9(8(22)4-7)27-11(15(19,20)21)5-10(25-27)14(16,17)18/h2-5H,22H2,1H3,(H,23,28). The third-order valence-corrected chi connectivity index (χ3v) is 4.49. The first kappa shape index (κ1) is 20.6. The molecule has 0 spiro atoms. The van der Waals surface area contributed by atoms with Gasteiger partial charge in [0.25, 0.3) is 5.91 Å². The van der Waals surface area contributed by atoms with Crippen LogP contribution in [0.15, 0.2) is 24.3 Å². The molecule has 2 aromatic heterocycles. The molecule has 3 rings (SSSR count). The first-order valence-corrected chi connectivity index (χ1v) is 8.40. The van der Waals surface area contributed by atoms with Crippen LogP contribution in [0.3, 0.4) is 0 Å². The van der Waals surface area contributed by atoms with E-state index in [1.807, 2.05) is 0 Å². The summed E-state index contributed by atoms with van der Waals surface area (Å²) >= 11 is 0.841. The minimum Gasteiger partial charge on any atom is -0.397 e. The zero-order valence-corrected chi connectivity index (χ0v) is 15.1. The van der Waals surface area contributed by atoms with E-state index in [-0.39, 0.29) is 27.0 Å². The fraction of sp³-hybridized carbons (Fsp3) is 0.200. The summed E-state index contributed by atoms with van der Waals surface area (Å²) in [6.45, 7) is 1.56. The highest BCUT2D eigenvalue weighted by atomic mass is 32.1. The van der Waals surface area contributed by atoms with Crippen molar-refractivity contribution in [2.45, 2.75) is 19.3 Å². The largest absolute Gasteiger partial charge is 0.435 e. The number of hydrogen-bond acceptors (Lipinski definition) is 6. The van der Waals surface area contributed by atoms with Crippen molar-refractivity contribution in [2.75, 3.05) is 11.1 Å². The van der Waals surface area contributed by atoms with Gasteiger partial charge in [-0.3, -0.25) is 4.79 Å². The number of nitrogen functional groups attached to an aromatic ring is 1. The molecule has 0 saturated heterocycles. The van der Waals surface area contributed by atoms with E-state index in [9.17, 15) is 31.1 Å². The van der Waals surface area contributed by atoms with Gasteiger partial charge in [0.15, 0.2) is 5.69 Å². The molecule has 0 aliphatic carbocycles. The quantitative estimate of drug-likeness (QED) is 0.479. The molecule has 1 amide bonds. The third kappa shape index (κ3) is 4.16. The Labute approximate surface area is 162 Å². The second-order valence-electron chi connectivity index (χ2n) is 5.74. The highest BCUT2D eigenvalue weighted by molar-refractivity contribution is 7.08. The smallest absolute Gasteiger partial charge is 0.397 e. The number of rotatable bonds is 3. The number of nitrogens with zero attached hydrogens (tertiary/aromatic N) is 4. The van der Waals surface area contributed by atoms with E-state index >= 15 is 0 Å². The normalized spacial score (nSPS) is 12.2. The Hall–Kier alpha value is -3.16. The van der Waals surface area contributed by atoms with E-state index in [0.717, 1.165) is 23.7 Å². The first-order chi connectivity index (χ1) is 13.4. The molecule has 7 nitrogen and oxygen atoms in total. The van der Waals surface area contributed by atoms with Crippen molar-refractivity contribution in [1.29, 1.82) is 0 Å². The summed E-state index contributed by atoms with van der Waals surface area (Å²) in [6.07, 6.45) is -10.2. The van der Waals surface area contributed by atoms with Gasteiger partial charge in [-0.1, -0.05) is 4.49 Å². The Kier molecular flexibility index (Phi) is 4.98. The molecular formula is C15H10F6N6OS. The van der Waals surface area contributed by atoms with Crippen LogP contribution in [-0.4, -0.2) is 25.3 Å². The van der Waals surface area contributed by atoms with Gasteiger partial charge in [0.2, 0.25) is 0 Å². The summed E-state index contributed by atoms with van der Waals surface area (Å²) < 4.78 is 81.7. The van der Waals surface area contributed by atoms with E-state index in [2.05, 4.69) is 20.0 Å². The number of aryl methyl sites for hydroxylation is 1. The molecule has 29 heavy (non-hydrogen) atoms. The van der Waals surface area contributed by atoms with Crippen LogP contribution >= 0.6 is 11.5 Å². The van der Waals surface area contributed by atoms with Crippen LogP contribution in [0.25, 0.3) is 5.69 Å². The molecule has 0 bridgehead atoms.